The number of nitriles is 1. The van der Waals surface area contributed by atoms with E-state index in [1.165, 1.54) is 5.56 Å². The molecule has 1 fully saturated rings. The molecule has 162 valence electrons. The number of halogens is 2. The Bertz CT molecular complexity index is 1100. The smallest absolute Gasteiger partial charge is 0.155 e. The molecule has 8 heteroatoms. The lowest BCUT2D eigenvalue weighted by atomic mass is 10.1. The van der Waals surface area contributed by atoms with E-state index in [1.807, 2.05) is 24.2 Å². The van der Waals surface area contributed by atoms with Gasteiger partial charge in [0.25, 0.3) is 0 Å². The van der Waals surface area contributed by atoms with Crippen molar-refractivity contribution in [1.82, 2.24) is 13.8 Å². The molecule has 1 saturated heterocycles. The summed E-state index contributed by atoms with van der Waals surface area (Å²) in [6.07, 6.45) is 4.15. The highest BCUT2D eigenvalue weighted by Gasteiger charge is 2.17. The van der Waals surface area contributed by atoms with E-state index < -0.39 is 0 Å². The van der Waals surface area contributed by atoms with E-state index in [9.17, 15) is 5.26 Å². The highest BCUT2D eigenvalue weighted by Crippen LogP contribution is 2.33. The Morgan fingerprint density at radius 2 is 1.94 bits per heavy atom. The molecule has 31 heavy (non-hydrogen) atoms. The van der Waals surface area contributed by atoms with Gasteiger partial charge in [-0.15, -0.1) is 11.6 Å². The van der Waals surface area contributed by atoms with Gasteiger partial charge in [-0.3, -0.25) is 4.90 Å². The van der Waals surface area contributed by atoms with E-state index in [4.69, 9.17) is 27.9 Å². The molecule has 2 heterocycles. The van der Waals surface area contributed by atoms with Crippen molar-refractivity contribution in [2.75, 3.05) is 44.9 Å². The van der Waals surface area contributed by atoms with Crippen molar-refractivity contribution in [3.05, 3.63) is 58.7 Å². The van der Waals surface area contributed by atoms with Crippen molar-refractivity contribution in [3.63, 3.8) is 0 Å². The van der Waals surface area contributed by atoms with Crippen molar-refractivity contribution < 1.29 is 4.74 Å². The lowest BCUT2D eigenvalue weighted by Gasteiger charge is -2.33. The Kier molecular flexibility index (Phi) is 7.31. The Morgan fingerprint density at radius 1 is 1.13 bits per heavy atom. The lowest BCUT2D eigenvalue weighted by molar-refractivity contribution is 0.189. The fourth-order valence-corrected chi connectivity index (χ4v) is 4.81. The summed E-state index contributed by atoms with van der Waals surface area (Å²) in [7, 11) is 0. The average molecular weight is 475 g/mol. The standard InChI is InChI=1S/C23H24Cl2N4OS/c1-31-28-9-7-27(8-10-28)16-17-2-3-22-18(12-17)4-6-29(22)20-13-19(15-26)23(21(25)14-20)30-11-5-24/h2-4,6,12-14H,5,7-11,16H2,1H3. The quantitative estimate of drug-likeness (QED) is 0.349. The molecule has 1 aliphatic heterocycles. The van der Waals surface area contributed by atoms with Crippen LogP contribution >= 0.6 is 35.1 Å². The summed E-state index contributed by atoms with van der Waals surface area (Å²) in [5.74, 6) is 0.717. The Morgan fingerprint density at radius 3 is 2.65 bits per heavy atom. The molecule has 5 nitrogen and oxygen atoms in total. The number of hydrogen-bond donors (Lipinski definition) is 0. The van der Waals surface area contributed by atoms with Crippen LogP contribution in [-0.2, 0) is 6.54 Å². The number of nitrogens with zero attached hydrogens (tertiary/aromatic N) is 4. The van der Waals surface area contributed by atoms with Crippen LogP contribution < -0.4 is 4.74 Å². The zero-order valence-electron chi connectivity index (χ0n) is 17.4. The molecule has 0 spiro atoms. The van der Waals surface area contributed by atoms with Gasteiger partial charge in [0.15, 0.2) is 5.75 Å². The largest absolute Gasteiger partial charge is 0.489 e. The molecule has 3 aromatic rings. The van der Waals surface area contributed by atoms with Crippen LogP contribution in [0.15, 0.2) is 42.6 Å². The van der Waals surface area contributed by atoms with Gasteiger partial charge in [-0.05, 0) is 42.2 Å². The predicted octanol–water partition coefficient (Wildman–Crippen LogP) is 5.17. The maximum absolute atomic E-state index is 9.56. The summed E-state index contributed by atoms with van der Waals surface area (Å²) >= 11 is 14.0. The van der Waals surface area contributed by atoms with Crippen LogP contribution in [0.3, 0.4) is 0 Å². The first kappa shape index (κ1) is 22.3. The monoisotopic (exact) mass is 474 g/mol. The molecule has 0 N–H and O–H groups in total. The topological polar surface area (TPSA) is 44.4 Å². The SMILES string of the molecule is CSN1CCN(Cc2ccc3c(ccn3-c3cc(Cl)c(OCCCl)c(C#N)c3)c2)CC1. The van der Waals surface area contributed by atoms with Crippen LogP contribution in [0, 0.1) is 11.3 Å². The highest BCUT2D eigenvalue weighted by atomic mass is 35.5. The van der Waals surface area contributed by atoms with Crippen molar-refractivity contribution >= 4 is 46.1 Å². The zero-order valence-corrected chi connectivity index (χ0v) is 19.7. The van der Waals surface area contributed by atoms with Crippen LogP contribution in [0.4, 0.5) is 0 Å². The maximum atomic E-state index is 9.56. The van der Waals surface area contributed by atoms with E-state index in [2.05, 4.69) is 50.4 Å². The summed E-state index contributed by atoms with van der Waals surface area (Å²) in [4.78, 5) is 2.50. The van der Waals surface area contributed by atoms with Crippen LogP contribution in [0.1, 0.15) is 11.1 Å². The number of aromatic nitrogens is 1. The molecule has 0 saturated carbocycles. The highest BCUT2D eigenvalue weighted by molar-refractivity contribution is 7.96. The van der Waals surface area contributed by atoms with Gasteiger partial charge < -0.3 is 9.30 Å². The number of piperazine rings is 1. The lowest BCUT2D eigenvalue weighted by Crippen LogP contribution is -2.42. The number of alkyl halides is 1. The summed E-state index contributed by atoms with van der Waals surface area (Å²) in [6, 6.07) is 14.5. The summed E-state index contributed by atoms with van der Waals surface area (Å²) in [5, 5.41) is 11.1. The van der Waals surface area contributed by atoms with Gasteiger partial charge in [0.05, 0.1) is 22.0 Å². The molecule has 0 radical (unpaired) electrons. The third kappa shape index (κ3) is 4.97. The third-order valence-electron chi connectivity index (χ3n) is 5.50. The molecule has 2 aromatic carbocycles. The van der Waals surface area contributed by atoms with Crippen LogP contribution in [0.5, 0.6) is 5.75 Å². The molecular weight excluding hydrogens is 451 g/mol. The molecule has 1 aromatic heterocycles. The minimum absolute atomic E-state index is 0.302. The fourth-order valence-electron chi connectivity index (χ4n) is 3.93. The van der Waals surface area contributed by atoms with Gasteiger partial charge in [0, 0.05) is 50.0 Å². The molecule has 0 atom stereocenters. The predicted molar refractivity (Wildman–Crippen MR) is 130 cm³/mol. The van der Waals surface area contributed by atoms with Gasteiger partial charge in [-0.2, -0.15) is 5.26 Å². The number of hydrogen-bond acceptors (Lipinski definition) is 5. The van der Waals surface area contributed by atoms with Gasteiger partial charge in [-0.1, -0.05) is 29.6 Å². The Labute approximate surface area is 197 Å². The Balaban J connectivity index is 1.57. The van der Waals surface area contributed by atoms with Crippen LogP contribution in [0.2, 0.25) is 5.02 Å². The summed E-state index contributed by atoms with van der Waals surface area (Å²) < 4.78 is 10.0. The first-order chi connectivity index (χ1) is 15.1. The molecule has 0 amide bonds. The van der Waals surface area contributed by atoms with E-state index in [0.29, 0.717) is 28.8 Å². The van der Waals surface area contributed by atoms with Crippen molar-refractivity contribution in [2.45, 2.75) is 6.54 Å². The molecule has 0 aliphatic carbocycles. The minimum Gasteiger partial charge on any atom is -0.489 e. The van der Waals surface area contributed by atoms with Gasteiger partial charge >= 0.3 is 0 Å². The normalized spacial score (nSPS) is 15.3. The van der Waals surface area contributed by atoms with Crippen molar-refractivity contribution in [2.24, 2.45) is 0 Å². The number of rotatable bonds is 7. The molecule has 0 bridgehead atoms. The second kappa shape index (κ2) is 10.2. The maximum Gasteiger partial charge on any atom is 0.155 e. The second-order valence-electron chi connectivity index (χ2n) is 7.42. The van der Waals surface area contributed by atoms with Gasteiger partial charge in [-0.25, -0.2) is 4.31 Å². The van der Waals surface area contributed by atoms with E-state index >= 15 is 0 Å². The first-order valence-corrected chi connectivity index (χ1v) is 12.3. The van der Waals surface area contributed by atoms with Crippen molar-refractivity contribution in [3.8, 4) is 17.5 Å². The number of benzene rings is 2. The summed E-state index contributed by atoms with van der Waals surface area (Å²) in [5.41, 5.74) is 3.61. The third-order valence-corrected chi connectivity index (χ3v) is 6.82. The first-order valence-electron chi connectivity index (χ1n) is 10.2. The van der Waals surface area contributed by atoms with E-state index in [1.54, 1.807) is 6.07 Å². The summed E-state index contributed by atoms with van der Waals surface area (Å²) in [6.45, 7) is 5.65. The average Bonchev–Trinajstić information content (AvgIpc) is 3.21. The molecule has 1 aliphatic rings. The van der Waals surface area contributed by atoms with E-state index in [0.717, 1.165) is 49.3 Å². The molecular formula is C23H24Cl2N4OS. The van der Waals surface area contributed by atoms with Crippen LogP contribution in [0.25, 0.3) is 16.6 Å². The fraction of sp³-hybridized carbons (Fsp3) is 0.348. The van der Waals surface area contributed by atoms with Crippen molar-refractivity contribution in [1.29, 1.82) is 5.26 Å². The molecule has 4 rings (SSSR count). The van der Waals surface area contributed by atoms with Crippen LogP contribution in [-0.4, -0.2) is 58.7 Å². The van der Waals surface area contributed by atoms with Gasteiger partial charge in [0.2, 0.25) is 0 Å². The Hall–Kier alpha value is -1.88. The van der Waals surface area contributed by atoms with E-state index in [-0.39, 0.29) is 0 Å². The minimum atomic E-state index is 0.302. The van der Waals surface area contributed by atoms with Gasteiger partial charge in [0.1, 0.15) is 12.7 Å². The second-order valence-corrected chi connectivity index (χ2v) is 9.09. The number of ether oxygens (including phenoxy) is 1. The number of fused-ring (bicyclic) bond motifs is 1. The zero-order chi connectivity index (χ0) is 21.8. The molecule has 0 unspecified atom stereocenters.